The number of hydrogen-bond donors (Lipinski definition) is 2. The zero-order valence-corrected chi connectivity index (χ0v) is 12.7. The highest BCUT2D eigenvalue weighted by molar-refractivity contribution is 7.99. The second-order valence-corrected chi connectivity index (χ2v) is 7.14. The molecule has 0 aliphatic heterocycles. The second kappa shape index (κ2) is 7.02. The Hall–Kier alpha value is -1.16. The molecule has 1 atom stereocenters. The minimum Gasteiger partial charge on any atom is -0.396 e. The third-order valence-corrected chi connectivity index (χ3v) is 5.35. The first-order valence-corrected chi connectivity index (χ1v) is 8.24. The molecule has 0 aromatic heterocycles. The fourth-order valence-corrected chi connectivity index (χ4v) is 3.10. The van der Waals surface area contributed by atoms with Crippen molar-refractivity contribution in [3.63, 3.8) is 0 Å². The molecule has 0 fully saturated rings. The predicted molar refractivity (Wildman–Crippen MR) is 76.3 cm³/mol. The Morgan fingerprint density at radius 3 is 2.65 bits per heavy atom. The highest BCUT2D eigenvalue weighted by atomic mass is 32.2. The van der Waals surface area contributed by atoms with E-state index in [0.29, 0.717) is 10.6 Å². The molecule has 1 aromatic carbocycles. The minimum absolute atomic E-state index is 0.000298. The van der Waals surface area contributed by atoms with Gasteiger partial charge < -0.3 is 5.11 Å². The molecule has 0 saturated carbocycles. The van der Waals surface area contributed by atoms with Crippen LogP contribution in [0.4, 0.5) is 5.69 Å². The summed E-state index contributed by atoms with van der Waals surface area (Å²) >= 11 is 1.22. The van der Waals surface area contributed by atoms with Gasteiger partial charge in [0.15, 0.2) is 0 Å². The van der Waals surface area contributed by atoms with Gasteiger partial charge in [-0.05, 0) is 25.1 Å². The number of sulfonamides is 1. The van der Waals surface area contributed by atoms with Crippen LogP contribution in [0.5, 0.6) is 0 Å². The van der Waals surface area contributed by atoms with Crippen LogP contribution in [0.3, 0.4) is 0 Å². The van der Waals surface area contributed by atoms with Crippen LogP contribution in [-0.4, -0.2) is 37.9 Å². The Morgan fingerprint density at radius 2 is 2.15 bits per heavy atom. The van der Waals surface area contributed by atoms with Crippen LogP contribution in [0.25, 0.3) is 0 Å². The van der Waals surface area contributed by atoms with E-state index in [4.69, 9.17) is 5.11 Å². The molecular formula is C11H16N2O5S2. The molecule has 0 radical (unpaired) electrons. The number of aliphatic hydroxyl groups is 1. The normalized spacial score (nSPS) is 13.2. The lowest BCUT2D eigenvalue weighted by Crippen LogP contribution is -2.18. The summed E-state index contributed by atoms with van der Waals surface area (Å²) in [6.07, 6.45) is 0. The van der Waals surface area contributed by atoms with Crippen molar-refractivity contribution in [2.24, 2.45) is 5.92 Å². The molecule has 1 rings (SSSR count). The van der Waals surface area contributed by atoms with Gasteiger partial charge in [-0.25, -0.2) is 13.1 Å². The summed E-state index contributed by atoms with van der Waals surface area (Å²) in [5, 5.41) is 20.0. The standard InChI is InChI=1S/C11H16N2O5S2/c1-8(6-14)7-19-11-4-3-9(20(17,18)12-2)5-10(11)13(15)16/h3-5,8,12,14H,6-7H2,1-2H3. The number of nitrogens with one attached hydrogen (secondary N) is 1. The molecule has 0 saturated heterocycles. The third-order valence-electron chi connectivity index (χ3n) is 2.54. The summed E-state index contributed by atoms with van der Waals surface area (Å²) < 4.78 is 25.4. The van der Waals surface area contributed by atoms with Gasteiger partial charge in [0, 0.05) is 18.4 Å². The van der Waals surface area contributed by atoms with Gasteiger partial charge in [0.25, 0.3) is 5.69 Å². The number of nitrogens with zero attached hydrogens (tertiary/aromatic N) is 1. The van der Waals surface area contributed by atoms with Crippen LogP contribution in [0.2, 0.25) is 0 Å². The molecule has 1 aromatic rings. The van der Waals surface area contributed by atoms with Crippen LogP contribution in [0.1, 0.15) is 6.92 Å². The zero-order chi connectivity index (χ0) is 15.3. The summed E-state index contributed by atoms with van der Waals surface area (Å²) in [4.78, 5) is 10.7. The molecule has 0 aliphatic carbocycles. The maximum Gasteiger partial charge on any atom is 0.284 e. The van der Waals surface area contributed by atoms with E-state index in [2.05, 4.69) is 4.72 Å². The Balaban J connectivity index is 3.12. The molecule has 0 aliphatic rings. The number of nitro benzene ring substituents is 1. The van der Waals surface area contributed by atoms with Gasteiger partial charge in [0.05, 0.1) is 14.7 Å². The molecule has 7 nitrogen and oxygen atoms in total. The highest BCUT2D eigenvalue weighted by Crippen LogP contribution is 2.32. The lowest BCUT2D eigenvalue weighted by molar-refractivity contribution is -0.388. The molecule has 1 unspecified atom stereocenters. The maximum absolute atomic E-state index is 11.6. The van der Waals surface area contributed by atoms with Crippen molar-refractivity contribution in [3.8, 4) is 0 Å². The molecule has 0 amide bonds. The van der Waals surface area contributed by atoms with Crippen LogP contribution in [0.15, 0.2) is 28.0 Å². The Labute approximate surface area is 121 Å². The van der Waals surface area contributed by atoms with Gasteiger partial charge in [-0.15, -0.1) is 11.8 Å². The van der Waals surface area contributed by atoms with Gasteiger partial charge in [0.2, 0.25) is 10.0 Å². The fraction of sp³-hybridized carbons (Fsp3) is 0.455. The number of benzene rings is 1. The van der Waals surface area contributed by atoms with Gasteiger partial charge >= 0.3 is 0 Å². The topological polar surface area (TPSA) is 110 Å². The lowest BCUT2D eigenvalue weighted by Gasteiger charge is -2.09. The van der Waals surface area contributed by atoms with E-state index in [1.54, 1.807) is 0 Å². The second-order valence-electron chi connectivity index (χ2n) is 4.19. The van der Waals surface area contributed by atoms with Gasteiger partial charge in [0.1, 0.15) is 0 Å². The predicted octanol–water partition coefficient (Wildman–Crippen LogP) is 1.22. The molecule has 9 heteroatoms. The van der Waals surface area contributed by atoms with Crippen molar-refractivity contribution < 1.29 is 18.4 Å². The number of nitro groups is 1. The summed E-state index contributed by atoms with van der Waals surface area (Å²) in [6.45, 7) is 1.81. The summed E-state index contributed by atoms with van der Waals surface area (Å²) in [7, 11) is -2.47. The summed E-state index contributed by atoms with van der Waals surface area (Å²) in [6, 6.07) is 3.78. The molecule has 2 N–H and O–H groups in total. The summed E-state index contributed by atoms with van der Waals surface area (Å²) in [5.74, 6) is 0.510. The van der Waals surface area contributed by atoms with Gasteiger partial charge in [-0.1, -0.05) is 6.92 Å². The van der Waals surface area contributed by atoms with Crippen molar-refractivity contribution in [2.45, 2.75) is 16.7 Å². The maximum atomic E-state index is 11.6. The van der Waals surface area contributed by atoms with Crippen LogP contribution >= 0.6 is 11.8 Å². The first kappa shape index (κ1) is 16.9. The van der Waals surface area contributed by atoms with Crippen LogP contribution in [0, 0.1) is 16.0 Å². The van der Waals surface area contributed by atoms with Crippen LogP contribution < -0.4 is 4.72 Å². The highest BCUT2D eigenvalue weighted by Gasteiger charge is 2.20. The summed E-state index contributed by atoms with van der Waals surface area (Å²) in [5.41, 5.74) is -0.253. The van der Waals surface area contributed by atoms with Crippen molar-refractivity contribution in [3.05, 3.63) is 28.3 Å². The average Bonchev–Trinajstić information content (AvgIpc) is 2.44. The number of rotatable bonds is 7. The van der Waals surface area contributed by atoms with Gasteiger partial charge in [-0.3, -0.25) is 10.1 Å². The fourth-order valence-electron chi connectivity index (χ4n) is 1.33. The van der Waals surface area contributed by atoms with Crippen molar-refractivity contribution in [2.75, 3.05) is 19.4 Å². The SMILES string of the molecule is CNS(=O)(=O)c1ccc(SCC(C)CO)c([N+](=O)[O-])c1. The first-order chi connectivity index (χ1) is 9.31. The number of thioether (sulfide) groups is 1. The molecular weight excluding hydrogens is 304 g/mol. The average molecular weight is 320 g/mol. The van der Waals surface area contributed by atoms with Crippen molar-refractivity contribution >= 4 is 27.5 Å². The first-order valence-electron chi connectivity index (χ1n) is 5.77. The molecule has 0 bridgehead atoms. The van der Waals surface area contributed by atoms with E-state index >= 15 is 0 Å². The molecule has 0 heterocycles. The van der Waals surface area contributed by atoms with E-state index in [1.807, 2.05) is 6.92 Å². The number of hydrogen-bond acceptors (Lipinski definition) is 6. The Kier molecular flexibility index (Phi) is 5.93. The zero-order valence-electron chi connectivity index (χ0n) is 11.1. The molecule has 0 spiro atoms. The Bertz CT molecular complexity index is 588. The van der Waals surface area contributed by atoms with E-state index in [0.717, 1.165) is 6.07 Å². The van der Waals surface area contributed by atoms with Crippen LogP contribution in [-0.2, 0) is 10.0 Å². The largest absolute Gasteiger partial charge is 0.396 e. The monoisotopic (exact) mass is 320 g/mol. The quantitative estimate of drug-likeness (QED) is 0.444. The third kappa shape index (κ3) is 4.17. The van der Waals surface area contributed by atoms with Crippen molar-refractivity contribution in [1.82, 2.24) is 4.72 Å². The van der Waals surface area contributed by atoms with E-state index in [1.165, 1.54) is 30.9 Å². The van der Waals surface area contributed by atoms with Crippen molar-refractivity contribution in [1.29, 1.82) is 0 Å². The lowest BCUT2D eigenvalue weighted by atomic mass is 10.2. The smallest absolute Gasteiger partial charge is 0.284 e. The Morgan fingerprint density at radius 1 is 1.50 bits per heavy atom. The van der Waals surface area contributed by atoms with E-state index in [9.17, 15) is 18.5 Å². The number of aliphatic hydroxyl groups excluding tert-OH is 1. The molecule has 112 valence electrons. The van der Waals surface area contributed by atoms with Gasteiger partial charge in [-0.2, -0.15) is 0 Å². The minimum atomic E-state index is -3.71. The molecule has 20 heavy (non-hydrogen) atoms. The van der Waals surface area contributed by atoms with E-state index < -0.39 is 14.9 Å². The van der Waals surface area contributed by atoms with E-state index in [-0.39, 0.29) is 23.1 Å².